The van der Waals surface area contributed by atoms with Gasteiger partial charge in [-0.2, -0.15) is 0 Å². The highest BCUT2D eigenvalue weighted by Crippen LogP contribution is 2.17. The minimum absolute atomic E-state index is 0.0254. The molecule has 0 aliphatic rings. The number of aromatic nitrogens is 2. The number of benzene rings is 1. The molecule has 21 heavy (non-hydrogen) atoms. The molecule has 0 radical (unpaired) electrons. The Morgan fingerprint density at radius 2 is 2.00 bits per heavy atom. The topological polar surface area (TPSA) is 46.9 Å². The Balaban J connectivity index is 1.85. The largest absolute Gasteiger partial charge is 0.380 e. The number of fused-ring (bicyclic) bond motifs is 1. The van der Waals surface area contributed by atoms with Crippen LogP contribution in [0.15, 0.2) is 59.7 Å². The lowest BCUT2D eigenvalue weighted by Crippen LogP contribution is -2.17. The summed E-state index contributed by atoms with van der Waals surface area (Å²) in [7, 11) is 0. The first-order valence-corrected chi connectivity index (χ1v) is 7.05. The fraction of sp³-hybridized carbons (Fsp3) is 0.176. The predicted molar refractivity (Wildman–Crippen MR) is 85.4 cm³/mol. The zero-order valence-corrected chi connectivity index (χ0v) is 11.9. The van der Waals surface area contributed by atoms with Crippen LogP contribution in [0.5, 0.6) is 0 Å². The minimum Gasteiger partial charge on any atom is -0.380 e. The molecule has 0 saturated heterocycles. The Hall–Kier alpha value is -2.62. The van der Waals surface area contributed by atoms with E-state index in [-0.39, 0.29) is 5.56 Å². The summed E-state index contributed by atoms with van der Waals surface area (Å²) in [6.07, 6.45) is 3.68. The first kappa shape index (κ1) is 13.4. The second-order valence-electron chi connectivity index (χ2n) is 4.88. The van der Waals surface area contributed by atoms with Crippen LogP contribution in [0.2, 0.25) is 0 Å². The lowest BCUT2D eigenvalue weighted by molar-refractivity contribution is 0.727. The molecule has 4 heteroatoms. The highest BCUT2D eigenvalue weighted by Gasteiger charge is 2.02. The number of pyridine rings is 2. The third-order valence-corrected chi connectivity index (χ3v) is 3.55. The van der Waals surface area contributed by atoms with Crippen LogP contribution in [0.25, 0.3) is 10.9 Å². The van der Waals surface area contributed by atoms with Crippen LogP contribution in [-0.2, 0) is 13.1 Å². The molecular formula is C17H17N3O. The van der Waals surface area contributed by atoms with Crippen LogP contribution in [0, 0.1) is 0 Å². The van der Waals surface area contributed by atoms with Crippen LogP contribution in [0.3, 0.4) is 0 Å². The van der Waals surface area contributed by atoms with Crippen LogP contribution in [0.1, 0.15) is 12.5 Å². The summed E-state index contributed by atoms with van der Waals surface area (Å²) in [5.41, 5.74) is 3.15. The smallest absolute Gasteiger partial charge is 0.250 e. The SMILES string of the molecule is CCn1cc(NCc2ccnc3ccccc23)ccc1=O. The van der Waals surface area contributed by atoms with Crippen molar-refractivity contribution in [1.29, 1.82) is 0 Å². The zero-order valence-electron chi connectivity index (χ0n) is 11.9. The van der Waals surface area contributed by atoms with Gasteiger partial charge in [0.25, 0.3) is 5.56 Å². The van der Waals surface area contributed by atoms with Gasteiger partial charge in [-0.05, 0) is 30.7 Å². The van der Waals surface area contributed by atoms with Crippen molar-refractivity contribution in [1.82, 2.24) is 9.55 Å². The fourth-order valence-corrected chi connectivity index (χ4v) is 2.39. The molecule has 0 spiro atoms. The van der Waals surface area contributed by atoms with Gasteiger partial charge in [0.1, 0.15) is 0 Å². The lowest BCUT2D eigenvalue weighted by Gasteiger charge is -2.10. The van der Waals surface area contributed by atoms with Gasteiger partial charge >= 0.3 is 0 Å². The van der Waals surface area contributed by atoms with Crippen molar-refractivity contribution >= 4 is 16.6 Å². The van der Waals surface area contributed by atoms with Gasteiger partial charge < -0.3 is 9.88 Å². The number of para-hydroxylation sites is 1. The summed E-state index contributed by atoms with van der Waals surface area (Å²) in [5.74, 6) is 0. The Labute approximate surface area is 123 Å². The summed E-state index contributed by atoms with van der Waals surface area (Å²) >= 11 is 0. The molecule has 1 aromatic carbocycles. The van der Waals surface area contributed by atoms with E-state index in [2.05, 4.69) is 16.4 Å². The van der Waals surface area contributed by atoms with Gasteiger partial charge in [-0.25, -0.2) is 0 Å². The van der Waals surface area contributed by atoms with Crippen molar-refractivity contribution in [3.63, 3.8) is 0 Å². The van der Waals surface area contributed by atoms with Crippen molar-refractivity contribution in [2.75, 3.05) is 5.32 Å². The number of hydrogen-bond donors (Lipinski definition) is 1. The van der Waals surface area contributed by atoms with E-state index >= 15 is 0 Å². The third-order valence-electron chi connectivity index (χ3n) is 3.55. The van der Waals surface area contributed by atoms with Gasteiger partial charge in [-0.1, -0.05) is 18.2 Å². The molecule has 2 heterocycles. The highest BCUT2D eigenvalue weighted by atomic mass is 16.1. The van der Waals surface area contributed by atoms with E-state index in [0.717, 1.165) is 16.6 Å². The molecule has 3 aromatic rings. The number of nitrogens with zero attached hydrogens (tertiary/aromatic N) is 2. The Kier molecular flexibility index (Phi) is 3.69. The van der Waals surface area contributed by atoms with Gasteiger partial charge in [0.15, 0.2) is 0 Å². The summed E-state index contributed by atoms with van der Waals surface area (Å²) in [6.45, 7) is 3.33. The molecule has 0 aliphatic carbocycles. The molecule has 2 aromatic heterocycles. The first-order chi connectivity index (χ1) is 10.3. The van der Waals surface area contributed by atoms with Gasteiger partial charge in [0.2, 0.25) is 0 Å². The maximum absolute atomic E-state index is 11.6. The van der Waals surface area contributed by atoms with Crippen LogP contribution >= 0.6 is 0 Å². The van der Waals surface area contributed by atoms with Crippen LogP contribution in [-0.4, -0.2) is 9.55 Å². The maximum Gasteiger partial charge on any atom is 0.250 e. The molecule has 0 fully saturated rings. The average Bonchev–Trinajstić information content (AvgIpc) is 2.54. The maximum atomic E-state index is 11.6. The van der Waals surface area contributed by atoms with Crippen molar-refractivity contribution in [3.05, 3.63) is 70.8 Å². The summed E-state index contributed by atoms with van der Waals surface area (Å²) in [4.78, 5) is 15.9. The standard InChI is InChI=1S/C17H17N3O/c1-2-20-12-14(7-8-17(20)21)19-11-13-9-10-18-16-6-4-3-5-15(13)16/h3-10,12,19H,2,11H2,1H3. The van der Waals surface area contributed by atoms with Crippen molar-refractivity contribution < 1.29 is 0 Å². The van der Waals surface area contributed by atoms with E-state index in [1.165, 1.54) is 5.56 Å². The van der Waals surface area contributed by atoms with Crippen molar-refractivity contribution in [3.8, 4) is 0 Å². The Morgan fingerprint density at radius 3 is 2.86 bits per heavy atom. The van der Waals surface area contributed by atoms with E-state index in [1.807, 2.05) is 49.6 Å². The van der Waals surface area contributed by atoms with E-state index in [9.17, 15) is 4.79 Å². The number of nitrogens with one attached hydrogen (secondary N) is 1. The number of rotatable bonds is 4. The zero-order chi connectivity index (χ0) is 14.7. The summed E-state index contributed by atoms with van der Waals surface area (Å²) in [6, 6.07) is 13.5. The molecular weight excluding hydrogens is 262 g/mol. The summed E-state index contributed by atoms with van der Waals surface area (Å²) in [5, 5.41) is 4.52. The molecule has 1 N–H and O–H groups in total. The molecule has 4 nitrogen and oxygen atoms in total. The molecule has 0 atom stereocenters. The van der Waals surface area contributed by atoms with Gasteiger partial charge in [0, 0.05) is 36.9 Å². The molecule has 0 bridgehead atoms. The number of aryl methyl sites for hydroxylation is 1. The number of hydrogen-bond acceptors (Lipinski definition) is 3. The highest BCUT2D eigenvalue weighted by molar-refractivity contribution is 5.82. The summed E-state index contributed by atoms with van der Waals surface area (Å²) < 4.78 is 1.69. The molecule has 0 amide bonds. The molecule has 0 aliphatic heterocycles. The van der Waals surface area contributed by atoms with Crippen LogP contribution in [0.4, 0.5) is 5.69 Å². The molecule has 0 saturated carbocycles. The molecule has 3 rings (SSSR count). The number of anilines is 1. The molecule has 0 unspecified atom stereocenters. The van der Waals surface area contributed by atoms with E-state index < -0.39 is 0 Å². The second kappa shape index (κ2) is 5.79. The van der Waals surface area contributed by atoms with Crippen LogP contribution < -0.4 is 10.9 Å². The van der Waals surface area contributed by atoms with E-state index in [4.69, 9.17) is 0 Å². The van der Waals surface area contributed by atoms with Gasteiger partial charge in [-0.15, -0.1) is 0 Å². The molecule has 106 valence electrons. The van der Waals surface area contributed by atoms with Gasteiger partial charge in [0.05, 0.1) is 11.2 Å². The third kappa shape index (κ3) is 2.79. The van der Waals surface area contributed by atoms with Crippen molar-refractivity contribution in [2.45, 2.75) is 20.0 Å². The predicted octanol–water partition coefficient (Wildman–Crippen LogP) is 3.03. The average molecular weight is 279 g/mol. The normalized spacial score (nSPS) is 10.7. The second-order valence-corrected chi connectivity index (χ2v) is 4.88. The quantitative estimate of drug-likeness (QED) is 0.798. The monoisotopic (exact) mass is 279 g/mol. The van der Waals surface area contributed by atoms with Gasteiger partial charge in [-0.3, -0.25) is 9.78 Å². The lowest BCUT2D eigenvalue weighted by atomic mass is 10.1. The Bertz CT molecular complexity index is 818. The first-order valence-electron chi connectivity index (χ1n) is 7.05. The fourth-order valence-electron chi connectivity index (χ4n) is 2.39. The Morgan fingerprint density at radius 1 is 1.14 bits per heavy atom. The van der Waals surface area contributed by atoms with E-state index in [1.54, 1.807) is 10.6 Å². The van der Waals surface area contributed by atoms with E-state index in [0.29, 0.717) is 13.1 Å². The van der Waals surface area contributed by atoms with Crippen molar-refractivity contribution in [2.24, 2.45) is 0 Å². The minimum atomic E-state index is 0.0254.